The summed E-state index contributed by atoms with van der Waals surface area (Å²) in [5.74, 6) is 1.86. The maximum absolute atomic E-state index is 11.9. The molecule has 0 N–H and O–H groups in total. The molecule has 18 heavy (non-hydrogen) atoms. The number of carbonyl (C=O) groups is 1. The van der Waals surface area contributed by atoms with E-state index in [1.165, 1.54) is 0 Å². The molecule has 0 bridgehead atoms. The fraction of sp³-hybridized carbons (Fsp3) is 0.500. The van der Waals surface area contributed by atoms with Crippen molar-refractivity contribution in [3.63, 3.8) is 0 Å². The molecule has 0 aliphatic carbocycles. The van der Waals surface area contributed by atoms with E-state index in [-0.39, 0.29) is 5.97 Å². The van der Waals surface area contributed by atoms with E-state index in [1.54, 1.807) is 0 Å². The zero-order valence-electron chi connectivity index (χ0n) is 11.1. The van der Waals surface area contributed by atoms with Crippen LogP contribution in [0.3, 0.4) is 0 Å². The summed E-state index contributed by atoms with van der Waals surface area (Å²) >= 11 is 3.72. The monoisotopic (exact) mass is 284 g/mol. The lowest BCUT2D eigenvalue weighted by molar-refractivity contribution is 0.0525. The Bertz CT molecular complexity index is 374. The van der Waals surface area contributed by atoms with Crippen molar-refractivity contribution >= 4 is 29.5 Å². The van der Waals surface area contributed by atoms with Crippen LogP contribution in [0.5, 0.6) is 0 Å². The highest BCUT2D eigenvalue weighted by atomic mass is 32.2. The molecule has 1 rings (SSSR count). The predicted octanol–water partition coefficient (Wildman–Crippen LogP) is 4.37. The molecule has 0 unspecified atom stereocenters. The van der Waals surface area contributed by atoms with Crippen LogP contribution >= 0.6 is 23.5 Å². The number of hydrogen-bond acceptors (Lipinski definition) is 4. The number of thioether (sulfide) groups is 2. The Kier molecular flexibility index (Phi) is 7.28. The number of benzene rings is 1. The van der Waals surface area contributed by atoms with Crippen molar-refractivity contribution in [2.45, 2.75) is 25.4 Å². The summed E-state index contributed by atoms with van der Waals surface area (Å²) in [4.78, 5) is 11.9. The van der Waals surface area contributed by atoms with Crippen LogP contribution in [0, 0.1) is 0 Å². The zero-order chi connectivity index (χ0) is 13.4. The molecule has 0 spiro atoms. The molecule has 0 saturated heterocycles. The number of rotatable bonds is 7. The Morgan fingerprint density at radius 1 is 1.17 bits per heavy atom. The van der Waals surface area contributed by atoms with Crippen molar-refractivity contribution < 1.29 is 9.53 Å². The third-order valence-electron chi connectivity index (χ3n) is 2.35. The van der Waals surface area contributed by atoms with Crippen LogP contribution in [0.2, 0.25) is 0 Å². The highest BCUT2D eigenvalue weighted by Crippen LogP contribution is 2.40. The molecular weight excluding hydrogens is 264 g/mol. The zero-order valence-corrected chi connectivity index (χ0v) is 12.8. The summed E-state index contributed by atoms with van der Waals surface area (Å²) < 4.78 is 5.42. The summed E-state index contributed by atoms with van der Waals surface area (Å²) in [5.41, 5.74) is 1.78. The van der Waals surface area contributed by atoms with Crippen LogP contribution in [-0.4, -0.2) is 24.1 Å². The second-order valence-corrected chi connectivity index (χ2v) is 6.61. The van der Waals surface area contributed by atoms with Gasteiger partial charge in [-0.1, -0.05) is 32.0 Å². The van der Waals surface area contributed by atoms with Gasteiger partial charge in [-0.25, -0.2) is 4.79 Å². The lowest BCUT2D eigenvalue weighted by Gasteiger charge is -2.18. The average Bonchev–Trinajstić information content (AvgIpc) is 2.39. The highest BCUT2D eigenvalue weighted by molar-refractivity contribution is 8.16. The standard InChI is InChI=1S/C14H20O2S2/c1-4-16-13(15)11-9-7-8-10-12(11)14(17-5-2)18-6-3/h7-10,14H,4-6H2,1-3H3. The van der Waals surface area contributed by atoms with E-state index in [9.17, 15) is 4.79 Å². The topological polar surface area (TPSA) is 26.3 Å². The Morgan fingerprint density at radius 3 is 2.33 bits per heavy atom. The molecule has 100 valence electrons. The third-order valence-corrected chi connectivity index (χ3v) is 4.94. The van der Waals surface area contributed by atoms with Gasteiger partial charge in [0.05, 0.1) is 16.8 Å². The minimum absolute atomic E-state index is 0.216. The first-order valence-electron chi connectivity index (χ1n) is 6.23. The van der Waals surface area contributed by atoms with Gasteiger partial charge in [-0.2, -0.15) is 0 Å². The van der Waals surface area contributed by atoms with E-state index in [1.807, 2.05) is 54.7 Å². The van der Waals surface area contributed by atoms with Crippen LogP contribution in [-0.2, 0) is 4.74 Å². The molecule has 0 aromatic heterocycles. The molecule has 0 saturated carbocycles. The largest absolute Gasteiger partial charge is 0.462 e. The average molecular weight is 284 g/mol. The number of ether oxygens (including phenoxy) is 1. The Labute approximate surface area is 118 Å². The maximum atomic E-state index is 11.9. The number of esters is 1. The van der Waals surface area contributed by atoms with Gasteiger partial charge >= 0.3 is 5.97 Å². The smallest absolute Gasteiger partial charge is 0.338 e. The quantitative estimate of drug-likeness (QED) is 0.548. The second-order valence-electron chi connectivity index (χ2n) is 3.55. The van der Waals surface area contributed by atoms with Gasteiger partial charge in [-0.3, -0.25) is 0 Å². The Balaban J connectivity index is 3.01. The highest BCUT2D eigenvalue weighted by Gasteiger charge is 2.19. The molecular formula is C14H20O2S2. The number of hydrogen-bond donors (Lipinski definition) is 0. The van der Waals surface area contributed by atoms with Crippen LogP contribution in [0.4, 0.5) is 0 Å². The molecule has 1 aromatic rings. The predicted molar refractivity (Wildman–Crippen MR) is 81.4 cm³/mol. The first-order valence-corrected chi connectivity index (χ1v) is 8.33. The van der Waals surface area contributed by atoms with Crippen LogP contribution < -0.4 is 0 Å². The van der Waals surface area contributed by atoms with Crippen molar-refractivity contribution in [2.24, 2.45) is 0 Å². The Hall–Kier alpha value is -0.610. The lowest BCUT2D eigenvalue weighted by atomic mass is 10.1. The molecule has 2 nitrogen and oxygen atoms in total. The second kappa shape index (κ2) is 8.48. The van der Waals surface area contributed by atoms with E-state index < -0.39 is 0 Å². The van der Waals surface area contributed by atoms with Gasteiger partial charge in [0.25, 0.3) is 0 Å². The molecule has 0 fully saturated rings. The maximum Gasteiger partial charge on any atom is 0.338 e. The molecule has 0 aliphatic rings. The van der Waals surface area contributed by atoms with Crippen molar-refractivity contribution in [2.75, 3.05) is 18.1 Å². The summed E-state index contributed by atoms with van der Waals surface area (Å²) in [6.45, 7) is 6.53. The summed E-state index contributed by atoms with van der Waals surface area (Å²) in [6.07, 6.45) is 0. The van der Waals surface area contributed by atoms with Gasteiger partial charge in [-0.05, 0) is 30.1 Å². The SMILES string of the molecule is CCOC(=O)c1ccccc1C(SCC)SCC. The normalized spacial score (nSPS) is 10.7. The van der Waals surface area contributed by atoms with Gasteiger partial charge in [0.2, 0.25) is 0 Å². The lowest BCUT2D eigenvalue weighted by Crippen LogP contribution is -2.09. The number of carbonyl (C=O) groups excluding carboxylic acids is 1. The third kappa shape index (κ3) is 4.25. The molecule has 1 aromatic carbocycles. The van der Waals surface area contributed by atoms with E-state index in [0.29, 0.717) is 16.8 Å². The van der Waals surface area contributed by atoms with Crippen molar-refractivity contribution in [1.82, 2.24) is 0 Å². The molecule has 0 aliphatic heterocycles. The molecule has 0 amide bonds. The van der Waals surface area contributed by atoms with Gasteiger partial charge in [0, 0.05) is 0 Å². The van der Waals surface area contributed by atoms with Crippen molar-refractivity contribution in [1.29, 1.82) is 0 Å². The van der Waals surface area contributed by atoms with E-state index in [4.69, 9.17) is 4.74 Å². The van der Waals surface area contributed by atoms with E-state index in [0.717, 1.165) is 17.1 Å². The minimum Gasteiger partial charge on any atom is -0.462 e. The van der Waals surface area contributed by atoms with Gasteiger partial charge < -0.3 is 4.74 Å². The van der Waals surface area contributed by atoms with Crippen molar-refractivity contribution in [3.8, 4) is 0 Å². The summed E-state index contributed by atoms with van der Waals surface area (Å²) in [7, 11) is 0. The molecule has 0 atom stereocenters. The first kappa shape index (κ1) is 15.4. The fourth-order valence-corrected chi connectivity index (χ4v) is 4.20. The molecule has 0 radical (unpaired) electrons. The van der Waals surface area contributed by atoms with Gasteiger partial charge in [0.1, 0.15) is 0 Å². The Morgan fingerprint density at radius 2 is 1.78 bits per heavy atom. The first-order chi connectivity index (χ1) is 8.74. The molecule has 4 heteroatoms. The molecule has 0 heterocycles. The van der Waals surface area contributed by atoms with Crippen LogP contribution in [0.1, 0.15) is 41.3 Å². The van der Waals surface area contributed by atoms with Crippen molar-refractivity contribution in [3.05, 3.63) is 35.4 Å². The van der Waals surface area contributed by atoms with E-state index in [2.05, 4.69) is 13.8 Å². The van der Waals surface area contributed by atoms with Crippen LogP contribution in [0.25, 0.3) is 0 Å². The summed E-state index contributed by atoms with van der Waals surface area (Å²) in [5, 5.41) is 0. The summed E-state index contributed by atoms with van der Waals surface area (Å²) in [6, 6.07) is 7.76. The van der Waals surface area contributed by atoms with E-state index >= 15 is 0 Å². The van der Waals surface area contributed by atoms with Crippen LogP contribution in [0.15, 0.2) is 24.3 Å². The van der Waals surface area contributed by atoms with Gasteiger partial charge in [0.15, 0.2) is 0 Å². The van der Waals surface area contributed by atoms with Gasteiger partial charge in [-0.15, -0.1) is 23.5 Å². The minimum atomic E-state index is -0.216. The fourth-order valence-electron chi connectivity index (χ4n) is 1.63.